The van der Waals surface area contributed by atoms with Crippen molar-refractivity contribution in [2.75, 3.05) is 17.0 Å². The van der Waals surface area contributed by atoms with Crippen LogP contribution in [0.1, 0.15) is 31.9 Å². The highest BCUT2D eigenvalue weighted by Gasteiger charge is 2.32. The van der Waals surface area contributed by atoms with Crippen molar-refractivity contribution in [2.45, 2.75) is 32.4 Å². The van der Waals surface area contributed by atoms with Gasteiger partial charge in [0, 0.05) is 30.4 Å². The first-order chi connectivity index (χ1) is 11.6. The van der Waals surface area contributed by atoms with Gasteiger partial charge < -0.3 is 19.7 Å². The number of nitrogens with zero attached hydrogens (tertiary/aromatic N) is 1. The number of fused-ring (bicyclic) bond motifs is 2. The van der Waals surface area contributed by atoms with Gasteiger partial charge in [-0.2, -0.15) is 0 Å². The molecule has 1 amide bonds. The molecule has 2 aromatic carbocycles. The lowest BCUT2D eigenvalue weighted by molar-refractivity contribution is -0.117. The van der Waals surface area contributed by atoms with Crippen LogP contribution in [0.15, 0.2) is 42.5 Å². The number of benzene rings is 2. The highest BCUT2D eigenvalue weighted by atomic mass is 16.7. The van der Waals surface area contributed by atoms with Crippen molar-refractivity contribution in [1.82, 2.24) is 0 Å². The minimum atomic E-state index is 0.0801. The van der Waals surface area contributed by atoms with Crippen molar-refractivity contribution in [2.24, 2.45) is 0 Å². The van der Waals surface area contributed by atoms with Crippen molar-refractivity contribution in [3.8, 4) is 11.5 Å². The Morgan fingerprint density at radius 2 is 1.96 bits per heavy atom. The van der Waals surface area contributed by atoms with E-state index in [1.165, 1.54) is 0 Å². The Bertz CT molecular complexity index is 790. The van der Waals surface area contributed by atoms with E-state index in [2.05, 4.69) is 18.3 Å². The molecule has 2 aliphatic heterocycles. The van der Waals surface area contributed by atoms with E-state index in [1.54, 1.807) is 6.92 Å². The van der Waals surface area contributed by atoms with E-state index in [0.29, 0.717) is 0 Å². The molecule has 5 heteroatoms. The SMILES string of the molecule is CC(=O)N1c2ccccc2[C@H](Nc2ccc3c(c2)OCO3)C[C@@H]1C. The molecule has 0 bridgehead atoms. The lowest BCUT2D eigenvalue weighted by atomic mass is 9.91. The monoisotopic (exact) mass is 324 g/mol. The van der Waals surface area contributed by atoms with Crippen molar-refractivity contribution in [3.05, 3.63) is 48.0 Å². The van der Waals surface area contributed by atoms with Crippen LogP contribution in [0.2, 0.25) is 0 Å². The van der Waals surface area contributed by atoms with Crippen molar-refractivity contribution in [1.29, 1.82) is 0 Å². The van der Waals surface area contributed by atoms with Crippen molar-refractivity contribution >= 4 is 17.3 Å². The molecule has 0 aliphatic carbocycles. The maximum Gasteiger partial charge on any atom is 0.231 e. The maximum absolute atomic E-state index is 12.0. The highest BCUT2D eigenvalue weighted by molar-refractivity contribution is 5.93. The molecule has 1 N–H and O–H groups in total. The Morgan fingerprint density at radius 1 is 1.17 bits per heavy atom. The number of amides is 1. The minimum absolute atomic E-state index is 0.0801. The molecule has 0 aromatic heterocycles. The molecule has 2 aromatic rings. The van der Waals surface area contributed by atoms with E-state index in [1.807, 2.05) is 41.3 Å². The summed E-state index contributed by atoms with van der Waals surface area (Å²) >= 11 is 0. The van der Waals surface area contributed by atoms with Crippen LogP contribution in [0.5, 0.6) is 11.5 Å². The number of hydrogen-bond donors (Lipinski definition) is 1. The van der Waals surface area contributed by atoms with Gasteiger partial charge >= 0.3 is 0 Å². The van der Waals surface area contributed by atoms with Gasteiger partial charge in [0.05, 0.1) is 6.04 Å². The predicted molar refractivity (Wildman–Crippen MR) is 92.6 cm³/mol. The fourth-order valence-electron chi connectivity index (χ4n) is 3.62. The second-order valence-corrected chi connectivity index (χ2v) is 6.30. The average molecular weight is 324 g/mol. The Hall–Kier alpha value is -2.69. The lowest BCUT2D eigenvalue weighted by Crippen LogP contribution is -2.43. The van der Waals surface area contributed by atoms with E-state index < -0.39 is 0 Å². The highest BCUT2D eigenvalue weighted by Crippen LogP contribution is 2.40. The quantitative estimate of drug-likeness (QED) is 0.915. The number of nitrogens with one attached hydrogen (secondary N) is 1. The molecule has 0 spiro atoms. The molecule has 2 atom stereocenters. The summed E-state index contributed by atoms with van der Waals surface area (Å²) in [4.78, 5) is 13.9. The van der Waals surface area contributed by atoms with E-state index in [0.717, 1.165) is 34.9 Å². The Morgan fingerprint density at radius 3 is 2.79 bits per heavy atom. The molecule has 0 unspecified atom stereocenters. The van der Waals surface area contributed by atoms with E-state index in [9.17, 15) is 4.79 Å². The fraction of sp³-hybridized carbons (Fsp3) is 0.316. The van der Waals surface area contributed by atoms with Crippen LogP contribution in [0.3, 0.4) is 0 Å². The number of ether oxygens (including phenoxy) is 2. The lowest BCUT2D eigenvalue weighted by Gasteiger charge is -2.39. The Labute approximate surface area is 141 Å². The van der Waals surface area contributed by atoms with Crippen molar-refractivity contribution in [3.63, 3.8) is 0 Å². The first kappa shape index (κ1) is 14.9. The van der Waals surface area contributed by atoms with Gasteiger partial charge in [0.15, 0.2) is 11.5 Å². The van der Waals surface area contributed by atoms with Crippen molar-refractivity contribution < 1.29 is 14.3 Å². The van der Waals surface area contributed by atoms with Crippen LogP contribution in [0.25, 0.3) is 0 Å². The predicted octanol–water partition coefficient (Wildman–Crippen LogP) is 3.71. The molecule has 0 saturated heterocycles. The normalized spacial score (nSPS) is 21.3. The molecule has 5 nitrogen and oxygen atoms in total. The standard InChI is InChI=1S/C19H20N2O3/c1-12-9-16(15-5-3-4-6-17(15)21(12)13(2)22)20-14-7-8-18-19(10-14)24-11-23-18/h3-8,10,12,16,20H,9,11H2,1-2H3/t12-,16+/m0/s1. The summed E-state index contributed by atoms with van der Waals surface area (Å²) in [5.41, 5.74) is 3.12. The first-order valence-corrected chi connectivity index (χ1v) is 8.18. The number of anilines is 2. The van der Waals surface area contributed by atoms with Crippen LogP contribution in [-0.4, -0.2) is 18.7 Å². The molecule has 2 heterocycles. The van der Waals surface area contributed by atoms with Gasteiger partial charge in [0.2, 0.25) is 12.7 Å². The molecular formula is C19H20N2O3. The second kappa shape index (κ2) is 5.74. The Balaban J connectivity index is 1.66. The summed E-state index contributed by atoms with van der Waals surface area (Å²) < 4.78 is 10.8. The van der Waals surface area contributed by atoms with Crippen LogP contribution in [0, 0.1) is 0 Å². The van der Waals surface area contributed by atoms with Gasteiger partial charge in [-0.25, -0.2) is 0 Å². The second-order valence-electron chi connectivity index (χ2n) is 6.30. The zero-order valence-electron chi connectivity index (χ0n) is 13.8. The Kier molecular flexibility index (Phi) is 3.56. The molecule has 0 fully saturated rings. The molecule has 124 valence electrons. The zero-order chi connectivity index (χ0) is 16.7. The molecular weight excluding hydrogens is 304 g/mol. The van der Waals surface area contributed by atoms with Gasteiger partial charge in [-0.3, -0.25) is 4.79 Å². The molecule has 4 rings (SSSR count). The first-order valence-electron chi connectivity index (χ1n) is 8.18. The fourth-order valence-corrected chi connectivity index (χ4v) is 3.62. The molecule has 0 saturated carbocycles. The summed E-state index contributed by atoms with van der Waals surface area (Å²) in [6.07, 6.45) is 0.852. The summed E-state index contributed by atoms with van der Waals surface area (Å²) in [6, 6.07) is 14.3. The maximum atomic E-state index is 12.0. The van der Waals surface area contributed by atoms with Gasteiger partial charge in [-0.05, 0) is 37.1 Å². The van der Waals surface area contributed by atoms with Gasteiger partial charge in [0.1, 0.15) is 0 Å². The largest absolute Gasteiger partial charge is 0.454 e. The van der Waals surface area contributed by atoms with Crippen LogP contribution < -0.4 is 19.7 Å². The van der Waals surface area contributed by atoms with Gasteiger partial charge in [0.25, 0.3) is 0 Å². The molecule has 24 heavy (non-hydrogen) atoms. The molecule has 0 radical (unpaired) electrons. The average Bonchev–Trinajstić information content (AvgIpc) is 3.02. The van der Waals surface area contributed by atoms with Gasteiger partial charge in [-0.15, -0.1) is 0 Å². The molecule has 2 aliphatic rings. The number of hydrogen-bond acceptors (Lipinski definition) is 4. The number of rotatable bonds is 2. The third kappa shape index (κ3) is 2.46. The van der Waals surface area contributed by atoms with E-state index in [-0.39, 0.29) is 24.8 Å². The zero-order valence-corrected chi connectivity index (χ0v) is 13.8. The summed E-state index contributed by atoms with van der Waals surface area (Å²) in [6.45, 7) is 3.99. The number of carbonyl (C=O) groups excluding carboxylic acids is 1. The topological polar surface area (TPSA) is 50.8 Å². The summed E-state index contributed by atoms with van der Waals surface area (Å²) in [5.74, 6) is 1.62. The van der Waals surface area contributed by atoms with E-state index >= 15 is 0 Å². The third-order valence-electron chi connectivity index (χ3n) is 4.64. The number of para-hydroxylation sites is 1. The van der Waals surface area contributed by atoms with Crippen LogP contribution >= 0.6 is 0 Å². The minimum Gasteiger partial charge on any atom is -0.454 e. The summed E-state index contributed by atoms with van der Waals surface area (Å²) in [5, 5.41) is 3.58. The van der Waals surface area contributed by atoms with Crippen LogP contribution in [-0.2, 0) is 4.79 Å². The smallest absolute Gasteiger partial charge is 0.231 e. The van der Waals surface area contributed by atoms with Crippen LogP contribution in [0.4, 0.5) is 11.4 Å². The summed E-state index contributed by atoms with van der Waals surface area (Å²) in [7, 11) is 0. The number of carbonyl (C=O) groups is 1. The van der Waals surface area contributed by atoms with Gasteiger partial charge in [-0.1, -0.05) is 18.2 Å². The van der Waals surface area contributed by atoms with E-state index in [4.69, 9.17) is 9.47 Å². The third-order valence-corrected chi connectivity index (χ3v) is 4.64.